The van der Waals surface area contributed by atoms with Gasteiger partial charge in [-0.25, -0.2) is 4.98 Å². The van der Waals surface area contributed by atoms with E-state index in [-0.39, 0.29) is 41.4 Å². The lowest BCUT2D eigenvalue weighted by atomic mass is 9.94. The van der Waals surface area contributed by atoms with Crippen LogP contribution in [0.3, 0.4) is 0 Å². The molecule has 194 valence electrons. The summed E-state index contributed by atoms with van der Waals surface area (Å²) in [6.07, 6.45) is 5.81. The zero-order valence-electron chi connectivity index (χ0n) is 21.4. The Balaban J connectivity index is 1.43. The number of rotatable bonds is 9. The monoisotopic (exact) mass is 501 g/mol. The summed E-state index contributed by atoms with van der Waals surface area (Å²) in [7, 11) is 0. The van der Waals surface area contributed by atoms with E-state index in [2.05, 4.69) is 39.6 Å². The number of hydrogen-bond donors (Lipinski definition) is 3. The number of aliphatic hydroxyl groups is 1. The first-order valence-corrected chi connectivity index (χ1v) is 13.1. The van der Waals surface area contributed by atoms with Crippen molar-refractivity contribution >= 4 is 11.7 Å². The number of aryl methyl sites for hydroxylation is 1. The molecule has 2 heterocycles. The summed E-state index contributed by atoms with van der Waals surface area (Å²) in [6, 6.07) is 15.6. The molecular formula is C29H35N5O3. The molecule has 1 aliphatic carbocycles. The van der Waals surface area contributed by atoms with E-state index in [1.165, 1.54) is 0 Å². The Morgan fingerprint density at radius 3 is 2.65 bits per heavy atom. The lowest BCUT2D eigenvalue weighted by Crippen LogP contribution is -2.34. The van der Waals surface area contributed by atoms with Crippen LogP contribution >= 0.6 is 0 Å². The minimum absolute atomic E-state index is 0.116. The molecule has 1 aromatic heterocycles. The molecule has 3 atom stereocenters. The molecule has 1 saturated heterocycles. The molecule has 1 amide bonds. The van der Waals surface area contributed by atoms with Gasteiger partial charge in [-0.05, 0) is 55.4 Å². The van der Waals surface area contributed by atoms with E-state index in [1.807, 2.05) is 31.2 Å². The first-order valence-electron chi connectivity index (χ1n) is 13.1. The molecule has 0 radical (unpaired) electrons. The van der Waals surface area contributed by atoms with Crippen LogP contribution in [0.15, 0.2) is 65.7 Å². The van der Waals surface area contributed by atoms with Crippen molar-refractivity contribution in [3.8, 4) is 5.69 Å². The number of hydrogen-bond acceptors (Lipinski definition) is 6. The van der Waals surface area contributed by atoms with Gasteiger partial charge in [-0.2, -0.15) is 0 Å². The van der Waals surface area contributed by atoms with Crippen LogP contribution in [0.25, 0.3) is 5.69 Å². The van der Waals surface area contributed by atoms with Crippen LogP contribution in [-0.2, 0) is 0 Å². The topological polar surface area (TPSA) is 99.5 Å². The molecular weight excluding hydrogens is 466 g/mol. The first kappa shape index (κ1) is 25.2. The van der Waals surface area contributed by atoms with E-state index in [4.69, 9.17) is 0 Å². The van der Waals surface area contributed by atoms with Crippen molar-refractivity contribution in [3.63, 3.8) is 0 Å². The van der Waals surface area contributed by atoms with E-state index < -0.39 is 0 Å². The van der Waals surface area contributed by atoms with Gasteiger partial charge in [0.15, 0.2) is 5.82 Å². The number of anilines is 1. The predicted octanol–water partition coefficient (Wildman–Crippen LogP) is 3.29. The van der Waals surface area contributed by atoms with Crippen molar-refractivity contribution in [2.75, 3.05) is 25.0 Å². The highest BCUT2D eigenvalue weighted by molar-refractivity contribution is 5.95. The van der Waals surface area contributed by atoms with Gasteiger partial charge in [0, 0.05) is 43.6 Å². The van der Waals surface area contributed by atoms with Crippen molar-refractivity contribution in [1.29, 1.82) is 0 Å². The number of benzene rings is 2. The molecule has 1 aliphatic heterocycles. The second-order valence-electron chi connectivity index (χ2n) is 10.4. The van der Waals surface area contributed by atoms with Crippen LogP contribution in [-0.4, -0.2) is 57.2 Å². The zero-order chi connectivity index (χ0) is 25.9. The van der Waals surface area contributed by atoms with Gasteiger partial charge in [-0.1, -0.05) is 43.3 Å². The van der Waals surface area contributed by atoms with Crippen molar-refractivity contribution in [1.82, 2.24) is 19.8 Å². The maximum absolute atomic E-state index is 13.7. The minimum Gasteiger partial charge on any atom is -0.392 e. The Labute approximate surface area is 217 Å². The van der Waals surface area contributed by atoms with E-state index >= 15 is 0 Å². The molecule has 2 aromatic carbocycles. The van der Waals surface area contributed by atoms with E-state index in [1.54, 1.807) is 29.1 Å². The highest BCUT2D eigenvalue weighted by Crippen LogP contribution is 2.27. The number of aromatic nitrogens is 2. The first-order chi connectivity index (χ1) is 17.9. The Morgan fingerprint density at radius 2 is 1.95 bits per heavy atom. The van der Waals surface area contributed by atoms with Gasteiger partial charge < -0.3 is 20.6 Å². The smallest absolute Gasteiger partial charge is 0.297 e. The van der Waals surface area contributed by atoms with Gasteiger partial charge >= 0.3 is 0 Å². The van der Waals surface area contributed by atoms with Gasteiger partial charge in [0.1, 0.15) is 0 Å². The van der Waals surface area contributed by atoms with Crippen molar-refractivity contribution in [2.24, 2.45) is 5.92 Å². The number of likely N-dealkylation sites (tertiary alicyclic amines) is 1. The van der Waals surface area contributed by atoms with Gasteiger partial charge in [0.2, 0.25) is 0 Å². The fourth-order valence-electron chi connectivity index (χ4n) is 5.06. The molecule has 8 nitrogen and oxygen atoms in total. The summed E-state index contributed by atoms with van der Waals surface area (Å²) < 4.78 is 1.56. The average Bonchev–Trinajstić information content (AvgIpc) is 3.62. The molecule has 0 spiro atoms. The number of nitrogens with zero attached hydrogens (tertiary/aromatic N) is 3. The fraction of sp³-hybridized carbons (Fsp3) is 0.414. The Hall–Kier alpha value is -3.49. The Bertz CT molecular complexity index is 1300. The summed E-state index contributed by atoms with van der Waals surface area (Å²) in [5.41, 5.74) is 2.89. The number of carbonyl (C=O) groups excluding carboxylic acids is 1. The molecule has 1 saturated carbocycles. The fourth-order valence-corrected chi connectivity index (χ4v) is 5.06. The highest BCUT2D eigenvalue weighted by Gasteiger charge is 2.27. The molecule has 5 rings (SSSR count). The third-order valence-corrected chi connectivity index (χ3v) is 7.30. The number of nitrogens with one attached hydrogen (secondary N) is 2. The number of amides is 1. The minimum atomic E-state index is -0.274. The lowest BCUT2D eigenvalue weighted by Gasteiger charge is -2.29. The van der Waals surface area contributed by atoms with E-state index in [0.29, 0.717) is 17.8 Å². The molecule has 3 aromatic rings. The third-order valence-electron chi connectivity index (χ3n) is 7.30. The van der Waals surface area contributed by atoms with Gasteiger partial charge in [0.25, 0.3) is 11.5 Å². The predicted molar refractivity (Wildman–Crippen MR) is 144 cm³/mol. The van der Waals surface area contributed by atoms with Crippen molar-refractivity contribution < 1.29 is 9.90 Å². The summed E-state index contributed by atoms with van der Waals surface area (Å²) in [4.78, 5) is 33.0. The molecule has 0 bridgehead atoms. The third kappa shape index (κ3) is 5.92. The van der Waals surface area contributed by atoms with Crippen LogP contribution in [0.2, 0.25) is 0 Å². The summed E-state index contributed by atoms with van der Waals surface area (Å²) >= 11 is 0. The summed E-state index contributed by atoms with van der Waals surface area (Å²) in [5.74, 6) is 0.296. The number of aliphatic hydroxyl groups excluding tert-OH is 1. The molecule has 37 heavy (non-hydrogen) atoms. The van der Waals surface area contributed by atoms with Crippen LogP contribution in [0, 0.1) is 12.8 Å². The van der Waals surface area contributed by atoms with Gasteiger partial charge in [-0.15, -0.1) is 0 Å². The van der Waals surface area contributed by atoms with E-state index in [9.17, 15) is 14.7 Å². The largest absolute Gasteiger partial charge is 0.392 e. The van der Waals surface area contributed by atoms with Crippen molar-refractivity contribution in [3.05, 3.63) is 88.0 Å². The summed E-state index contributed by atoms with van der Waals surface area (Å²) in [5, 5.41) is 16.4. The van der Waals surface area contributed by atoms with Gasteiger partial charge in [0.05, 0.1) is 17.8 Å². The second-order valence-corrected chi connectivity index (χ2v) is 10.4. The lowest BCUT2D eigenvalue weighted by molar-refractivity contribution is 0.0951. The standard InChI is InChI=1S/C29H35N5O3/c1-19-8-9-22(28(36)31-23-10-11-23)16-25(19)34-15-13-30-27(29(34)37)32-26(21-6-4-3-5-7-21)20(2)17-33-14-12-24(35)18-33/h3-9,13,15-16,20,23-24,26,35H,10-12,14,17-18H2,1-2H3,(H,30,32)(H,31,36)/t20-,24-,26+/m0/s1. The van der Waals surface area contributed by atoms with Crippen LogP contribution in [0.4, 0.5) is 5.82 Å². The van der Waals surface area contributed by atoms with Crippen LogP contribution in [0.5, 0.6) is 0 Å². The quantitative estimate of drug-likeness (QED) is 0.416. The van der Waals surface area contributed by atoms with Gasteiger partial charge in [-0.3, -0.25) is 14.2 Å². The molecule has 3 N–H and O–H groups in total. The van der Waals surface area contributed by atoms with Crippen molar-refractivity contribution in [2.45, 2.75) is 51.3 Å². The normalized spacial score (nSPS) is 19.4. The summed E-state index contributed by atoms with van der Waals surface area (Å²) in [6.45, 7) is 6.42. The zero-order valence-corrected chi connectivity index (χ0v) is 21.4. The SMILES string of the molecule is Cc1ccc(C(=O)NC2CC2)cc1-n1ccnc(N[C@@H](c2ccccc2)[C@@H](C)CN2CC[C@H](O)C2)c1=O. The second kappa shape index (κ2) is 10.9. The number of β-amino-alcohol motifs (C(OH)–C–C–N with tert-alkyl or cyclic N) is 1. The van der Waals surface area contributed by atoms with E-state index in [0.717, 1.165) is 43.5 Å². The van der Waals surface area contributed by atoms with Crippen LogP contribution < -0.4 is 16.2 Å². The molecule has 0 unspecified atom stereocenters. The maximum Gasteiger partial charge on any atom is 0.297 e. The molecule has 2 fully saturated rings. The molecule has 2 aliphatic rings. The Kier molecular flexibility index (Phi) is 7.39. The number of carbonyl (C=O) groups is 1. The average molecular weight is 502 g/mol. The molecule has 8 heteroatoms. The highest BCUT2D eigenvalue weighted by atomic mass is 16.3. The Morgan fingerprint density at radius 1 is 1.16 bits per heavy atom. The van der Waals surface area contributed by atoms with Crippen LogP contribution in [0.1, 0.15) is 53.7 Å². The maximum atomic E-state index is 13.7.